The molecular weight excluding hydrogens is 204 g/mol. The highest BCUT2D eigenvalue weighted by Gasteiger charge is 2.25. The number of nitrogens with zero attached hydrogens (tertiary/aromatic N) is 2. The molecule has 1 aromatic rings. The molecule has 3 heterocycles. The largest absolute Gasteiger partial charge is 0.396 e. The maximum Gasteiger partial charge on any atom is 0.109 e. The van der Waals surface area contributed by atoms with Crippen LogP contribution in [0.15, 0.2) is 6.20 Å². The normalized spacial score (nSPS) is 29.3. The molecule has 0 amide bonds. The second kappa shape index (κ2) is 4.18. The lowest BCUT2D eigenvalue weighted by Crippen LogP contribution is -2.22. The SMILES string of the molecule is OCC1CCc2nc(C3CCCO3)cn2C1. The Hall–Kier alpha value is -0.870. The van der Waals surface area contributed by atoms with E-state index in [0.29, 0.717) is 5.92 Å². The van der Waals surface area contributed by atoms with Gasteiger partial charge in [0.25, 0.3) is 0 Å². The predicted octanol–water partition coefficient (Wildman–Crippen LogP) is 1.29. The number of aryl methyl sites for hydroxylation is 1. The molecule has 2 atom stereocenters. The first-order chi connectivity index (χ1) is 7.86. The van der Waals surface area contributed by atoms with Gasteiger partial charge in [0.05, 0.1) is 5.69 Å². The summed E-state index contributed by atoms with van der Waals surface area (Å²) in [6.07, 6.45) is 6.61. The van der Waals surface area contributed by atoms with Crippen LogP contribution in [-0.2, 0) is 17.7 Å². The average Bonchev–Trinajstić information content (AvgIpc) is 2.96. The molecule has 2 unspecified atom stereocenters. The minimum atomic E-state index is 0.214. The molecule has 3 rings (SSSR count). The molecule has 0 aliphatic carbocycles. The zero-order chi connectivity index (χ0) is 11.0. The third-order valence-corrected chi connectivity index (χ3v) is 3.63. The molecular formula is C12H18N2O2. The van der Waals surface area contributed by atoms with Gasteiger partial charge in [-0.05, 0) is 19.3 Å². The Balaban J connectivity index is 1.80. The van der Waals surface area contributed by atoms with E-state index >= 15 is 0 Å². The topological polar surface area (TPSA) is 47.3 Å². The van der Waals surface area contributed by atoms with E-state index in [1.165, 1.54) is 0 Å². The highest BCUT2D eigenvalue weighted by atomic mass is 16.5. The van der Waals surface area contributed by atoms with E-state index in [1.54, 1.807) is 0 Å². The van der Waals surface area contributed by atoms with Gasteiger partial charge in [-0.1, -0.05) is 0 Å². The number of hydrogen-bond donors (Lipinski definition) is 1. The summed E-state index contributed by atoms with van der Waals surface area (Å²) >= 11 is 0. The average molecular weight is 222 g/mol. The predicted molar refractivity (Wildman–Crippen MR) is 59.1 cm³/mol. The van der Waals surface area contributed by atoms with Crippen molar-refractivity contribution >= 4 is 0 Å². The molecule has 0 bridgehead atoms. The highest BCUT2D eigenvalue weighted by molar-refractivity contribution is 5.10. The molecule has 0 aromatic carbocycles. The number of ether oxygens (including phenoxy) is 1. The summed E-state index contributed by atoms with van der Waals surface area (Å²) in [5.74, 6) is 1.56. The van der Waals surface area contributed by atoms with Crippen LogP contribution in [0.2, 0.25) is 0 Å². The van der Waals surface area contributed by atoms with Crippen LogP contribution in [-0.4, -0.2) is 27.9 Å². The summed E-state index contributed by atoms with van der Waals surface area (Å²) in [5, 5.41) is 9.18. The van der Waals surface area contributed by atoms with Crippen molar-refractivity contribution in [2.24, 2.45) is 5.92 Å². The van der Waals surface area contributed by atoms with Gasteiger partial charge >= 0.3 is 0 Å². The van der Waals surface area contributed by atoms with E-state index in [-0.39, 0.29) is 12.7 Å². The van der Waals surface area contributed by atoms with E-state index < -0.39 is 0 Å². The summed E-state index contributed by atoms with van der Waals surface area (Å²) in [4.78, 5) is 4.66. The van der Waals surface area contributed by atoms with Crippen LogP contribution in [0.4, 0.5) is 0 Å². The van der Waals surface area contributed by atoms with Gasteiger partial charge in [-0.25, -0.2) is 4.98 Å². The van der Waals surface area contributed by atoms with Crippen LogP contribution >= 0.6 is 0 Å². The van der Waals surface area contributed by atoms with Crippen LogP contribution in [0.25, 0.3) is 0 Å². The third-order valence-electron chi connectivity index (χ3n) is 3.63. The van der Waals surface area contributed by atoms with Crippen LogP contribution in [0, 0.1) is 5.92 Å². The van der Waals surface area contributed by atoms with Crippen molar-refractivity contribution in [2.45, 2.75) is 38.3 Å². The molecule has 1 saturated heterocycles. The minimum absolute atomic E-state index is 0.214. The van der Waals surface area contributed by atoms with Crippen molar-refractivity contribution in [1.82, 2.24) is 9.55 Å². The van der Waals surface area contributed by atoms with Gasteiger partial charge < -0.3 is 14.4 Å². The first-order valence-electron chi connectivity index (χ1n) is 6.15. The van der Waals surface area contributed by atoms with E-state index in [2.05, 4.69) is 15.7 Å². The summed E-state index contributed by atoms with van der Waals surface area (Å²) in [6.45, 7) is 2.06. The molecule has 1 aromatic heterocycles. The molecule has 16 heavy (non-hydrogen) atoms. The Morgan fingerprint density at radius 1 is 1.50 bits per heavy atom. The van der Waals surface area contributed by atoms with Crippen molar-refractivity contribution in [3.8, 4) is 0 Å². The van der Waals surface area contributed by atoms with E-state index in [0.717, 1.165) is 50.4 Å². The standard InChI is InChI=1S/C12H18N2O2/c15-8-9-3-4-12-13-10(7-14(12)6-9)11-2-1-5-16-11/h7,9,11,15H,1-6,8H2. The molecule has 4 nitrogen and oxygen atoms in total. The first kappa shape index (κ1) is 10.3. The molecule has 2 aliphatic rings. The molecule has 0 radical (unpaired) electrons. The number of imidazole rings is 1. The molecule has 0 saturated carbocycles. The maximum atomic E-state index is 9.18. The molecule has 88 valence electrons. The smallest absolute Gasteiger partial charge is 0.109 e. The van der Waals surface area contributed by atoms with Crippen LogP contribution in [0.1, 0.15) is 36.9 Å². The number of rotatable bonds is 2. The fraction of sp³-hybridized carbons (Fsp3) is 0.750. The Kier molecular flexibility index (Phi) is 2.69. The summed E-state index contributed by atoms with van der Waals surface area (Å²) in [5.41, 5.74) is 1.09. The summed E-state index contributed by atoms with van der Waals surface area (Å²) < 4.78 is 7.84. The zero-order valence-electron chi connectivity index (χ0n) is 9.43. The Morgan fingerprint density at radius 2 is 2.44 bits per heavy atom. The van der Waals surface area contributed by atoms with Crippen molar-refractivity contribution < 1.29 is 9.84 Å². The fourth-order valence-corrected chi connectivity index (χ4v) is 2.65. The number of hydrogen-bond acceptors (Lipinski definition) is 3. The van der Waals surface area contributed by atoms with Gasteiger partial charge in [0, 0.05) is 38.3 Å². The first-order valence-corrected chi connectivity index (χ1v) is 6.15. The number of aliphatic hydroxyl groups excluding tert-OH is 1. The van der Waals surface area contributed by atoms with Gasteiger partial charge in [0.1, 0.15) is 11.9 Å². The van der Waals surface area contributed by atoms with Gasteiger partial charge in [-0.2, -0.15) is 0 Å². The van der Waals surface area contributed by atoms with Crippen molar-refractivity contribution in [2.75, 3.05) is 13.2 Å². The second-order valence-corrected chi connectivity index (χ2v) is 4.82. The molecule has 0 spiro atoms. The lowest BCUT2D eigenvalue weighted by molar-refractivity contribution is 0.109. The number of aromatic nitrogens is 2. The quantitative estimate of drug-likeness (QED) is 0.820. The maximum absolute atomic E-state index is 9.18. The van der Waals surface area contributed by atoms with Gasteiger partial charge in [0.2, 0.25) is 0 Å². The molecule has 4 heteroatoms. The van der Waals surface area contributed by atoms with E-state index in [4.69, 9.17) is 4.74 Å². The van der Waals surface area contributed by atoms with E-state index in [1.807, 2.05) is 0 Å². The third kappa shape index (κ3) is 1.76. The lowest BCUT2D eigenvalue weighted by Gasteiger charge is -2.21. The van der Waals surface area contributed by atoms with Gasteiger partial charge in [-0.3, -0.25) is 0 Å². The lowest BCUT2D eigenvalue weighted by atomic mass is 10.0. The Labute approximate surface area is 95.3 Å². The monoisotopic (exact) mass is 222 g/mol. The van der Waals surface area contributed by atoms with Crippen LogP contribution in [0.3, 0.4) is 0 Å². The highest BCUT2D eigenvalue weighted by Crippen LogP contribution is 2.29. The minimum Gasteiger partial charge on any atom is -0.396 e. The Morgan fingerprint density at radius 3 is 3.19 bits per heavy atom. The zero-order valence-corrected chi connectivity index (χ0v) is 9.43. The molecule has 1 fully saturated rings. The van der Waals surface area contributed by atoms with Gasteiger partial charge in [0.15, 0.2) is 0 Å². The summed E-state index contributed by atoms with van der Waals surface area (Å²) in [7, 11) is 0. The molecule has 1 N–H and O–H groups in total. The van der Waals surface area contributed by atoms with Crippen molar-refractivity contribution in [3.05, 3.63) is 17.7 Å². The number of aliphatic hydroxyl groups is 1. The van der Waals surface area contributed by atoms with E-state index in [9.17, 15) is 5.11 Å². The van der Waals surface area contributed by atoms with Crippen molar-refractivity contribution in [1.29, 1.82) is 0 Å². The molecule has 2 aliphatic heterocycles. The summed E-state index contributed by atoms with van der Waals surface area (Å²) in [6, 6.07) is 0. The second-order valence-electron chi connectivity index (χ2n) is 4.82. The van der Waals surface area contributed by atoms with Gasteiger partial charge in [-0.15, -0.1) is 0 Å². The fourth-order valence-electron chi connectivity index (χ4n) is 2.65. The van der Waals surface area contributed by atoms with Crippen molar-refractivity contribution in [3.63, 3.8) is 0 Å². The number of fused-ring (bicyclic) bond motifs is 1. The Bertz CT molecular complexity index is 369. The van der Waals surface area contributed by atoms with Crippen LogP contribution in [0.5, 0.6) is 0 Å². The van der Waals surface area contributed by atoms with Crippen LogP contribution < -0.4 is 0 Å².